The fourth-order valence-corrected chi connectivity index (χ4v) is 3.75. The molecule has 156 valence electrons. The molecule has 5 nitrogen and oxygen atoms in total. The Morgan fingerprint density at radius 2 is 2.00 bits per heavy atom. The number of ether oxygens (including phenoxy) is 1. The second-order valence-corrected chi connectivity index (χ2v) is 7.69. The van der Waals surface area contributed by atoms with Gasteiger partial charge in [-0.15, -0.1) is 13.2 Å². The molecule has 0 atom stereocenters. The van der Waals surface area contributed by atoms with Gasteiger partial charge in [-0.1, -0.05) is 30.0 Å². The SMILES string of the molecule is CSc1ncc2c(n1)CCN(Cc1ccc(-c3cccc(OC(F)(F)F)c3)nc1)C2. The number of fused-ring (bicyclic) bond motifs is 1. The van der Waals surface area contributed by atoms with E-state index in [4.69, 9.17) is 0 Å². The molecule has 2 aromatic heterocycles. The van der Waals surface area contributed by atoms with E-state index in [1.165, 1.54) is 18.2 Å². The summed E-state index contributed by atoms with van der Waals surface area (Å²) in [6.07, 6.45) is 1.79. The van der Waals surface area contributed by atoms with E-state index in [1.807, 2.05) is 24.6 Å². The molecule has 0 saturated heterocycles. The van der Waals surface area contributed by atoms with Gasteiger partial charge < -0.3 is 4.74 Å². The van der Waals surface area contributed by atoms with E-state index in [1.54, 1.807) is 24.0 Å². The molecule has 0 bridgehead atoms. The maximum atomic E-state index is 12.4. The molecule has 0 unspecified atom stereocenters. The van der Waals surface area contributed by atoms with Crippen molar-refractivity contribution in [3.05, 3.63) is 65.6 Å². The number of halogens is 3. The molecule has 0 fully saturated rings. The maximum Gasteiger partial charge on any atom is 0.573 e. The monoisotopic (exact) mass is 432 g/mol. The van der Waals surface area contributed by atoms with Crippen molar-refractivity contribution in [2.75, 3.05) is 12.8 Å². The Labute approximate surface area is 176 Å². The summed E-state index contributed by atoms with van der Waals surface area (Å²) in [6.45, 7) is 2.41. The molecule has 0 aliphatic carbocycles. The molecule has 0 saturated carbocycles. The van der Waals surface area contributed by atoms with E-state index >= 15 is 0 Å². The number of aromatic nitrogens is 3. The van der Waals surface area contributed by atoms with Gasteiger partial charge in [-0.05, 0) is 30.0 Å². The largest absolute Gasteiger partial charge is 0.573 e. The highest BCUT2D eigenvalue weighted by Crippen LogP contribution is 2.27. The van der Waals surface area contributed by atoms with E-state index in [2.05, 4.69) is 24.6 Å². The molecule has 0 spiro atoms. The number of rotatable bonds is 5. The Hall–Kier alpha value is -2.65. The van der Waals surface area contributed by atoms with Gasteiger partial charge >= 0.3 is 6.36 Å². The Morgan fingerprint density at radius 3 is 2.73 bits per heavy atom. The summed E-state index contributed by atoms with van der Waals surface area (Å²) in [5, 5.41) is 0.798. The van der Waals surface area contributed by atoms with Crippen LogP contribution >= 0.6 is 11.8 Å². The molecule has 9 heteroatoms. The average Bonchev–Trinajstić information content (AvgIpc) is 2.73. The fraction of sp³-hybridized carbons (Fsp3) is 0.286. The molecule has 1 aliphatic rings. The van der Waals surface area contributed by atoms with Crippen molar-refractivity contribution in [1.29, 1.82) is 0 Å². The highest BCUT2D eigenvalue weighted by Gasteiger charge is 2.31. The van der Waals surface area contributed by atoms with Gasteiger partial charge in [0.1, 0.15) is 5.75 Å². The summed E-state index contributed by atoms with van der Waals surface area (Å²) >= 11 is 1.54. The number of hydrogen-bond donors (Lipinski definition) is 0. The molecule has 3 aromatic rings. The third-order valence-electron chi connectivity index (χ3n) is 4.77. The predicted octanol–water partition coefficient (Wildman–Crippen LogP) is 4.72. The summed E-state index contributed by atoms with van der Waals surface area (Å²) in [5.41, 5.74) is 4.45. The minimum absolute atomic E-state index is 0.260. The van der Waals surface area contributed by atoms with Crippen LogP contribution in [0.3, 0.4) is 0 Å². The first kappa shape index (κ1) is 20.6. The van der Waals surface area contributed by atoms with E-state index in [-0.39, 0.29) is 5.75 Å². The van der Waals surface area contributed by atoms with Crippen molar-refractivity contribution in [2.45, 2.75) is 31.0 Å². The molecule has 3 heterocycles. The van der Waals surface area contributed by atoms with Crippen LogP contribution in [0.4, 0.5) is 13.2 Å². The normalized spacial score (nSPS) is 14.4. The third-order valence-corrected chi connectivity index (χ3v) is 5.33. The lowest BCUT2D eigenvalue weighted by atomic mass is 10.1. The number of nitrogens with zero attached hydrogens (tertiary/aromatic N) is 4. The zero-order chi connectivity index (χ0) is 21.1. The van der Waals surface area contributed by atoms with E-state index in [0.29, 0.717) is 11.3 Å². The lowest BCUT2D eigenvalue weighted by Gasteiger charge is -2.27. The van der Waals surface area contributed by atoms with Gasteiger partial charge in [0, 0.05) is 49.6 Å². The molecule has 0 amide bonds. The summed E-state index contributed by atoms with van der Waals surface area (Å²) in [7, 11) is 0. The Balaban J connectivity index is 1.42. The minimum atomic E-state index is -4.72. The smallest absolute Gasteiger partial charge is 0.406 e. The predicted molar refractivity (Wildman–Crippen MR) is 108 cm³/mol. The first-order valence-electron chi connectivity index (χ1n) is 9.32. The van der Waals surface area contributed by atoms with E-state index in [0.717, 1.165) is 48.0 Å². The van der Waals surface area contributed by atoms with Gasteiger partial charge in [0.05, 0.1) is 11.4 Å². The van der Waals surface area contributed by atoms with Crippen molar-refractivity contribution in [3.63, 3.8) is 0 Å². The quantitative estimate of drug-likeness (QED) is 0.430. The summed E-state index contributed by atoms with van der Waals surface area (Å²) < 4.78 is 41.3. The summed E-state index contributed by atoms with van der Waals surface area (Å²) in [4.78, 5) is 15.7. The van der Waals surface area contributed by atoms with Crippen LogP contribution in [-0.4, -0.2) is 39.0 Å². The molecule has 4 rings (SSSR count). The van der Waals surface area contributed by atoms with Crippen LogP contribution in [0.5, 0.6) is 5.75 Å². The van der Waals surface area contributed by atoms with Crippen LogP contribution in [0.1, 0.15) is 16.8 Å². The Kier molecular flexibility index (Phi) is 5.92. The van der Waals surface area contributed by atoms with Crippen LogP contribution in [-0.2, 0) is 19.5 Å². The van der Waals surface area contributed by atoms with E-state index < -0.39 is 6.36 Å². The number of pyridine rings is 1. The second-order valence-electron chi connectivity index (χ2n) is 6.92. The molecular weight excluding hydrogens is 413 g/mol. The van der Waals surface area contributed by atoms with Gasteiger partial charge in [0.25, 0.3) is 0 Å². The zero-order valence-electron chi connectivity index (χ0n) is 16.2. The van der Waals surface area contributed by atoms with Gasteiger partial charge in [0.2, 0.25) is 0 Å². The van der Waals surface area contributed by atoms with Gasteiger partial charge in [-0.25, -0.2) is 9.97 Å². The van der Waals surface area contributed by atoms with Crippen LogP contribution in [0.15, 0.2) is 53.9 Å². The van der Waals surface area contributed by atoms with Crippen LogP contribution in [0.2, 0.25) is 0 Å². The van der Waals surface area contributed by atoms with Crippen molar-refractivity contribution < 1.29 is 17.9 Å². The molecule has 0 radical (unpaired) electrons. The van der Waals surface area contributed by atoms with Crippen molar-refractivity contribution in [2.24, 2.45) is 0 Å². The lowest BCUT2D eigenvalue weighted by molar-refractivity contribution is -0.274. The van der Waals surface area contributed by atoms with Crippen molar-refractivity contribution >= 4 is 11.8 Å². The summed E-state index contributed by atoms with van der Waals surface area (Å²) in [5.74, 6) is -0.260. The third kappa shape index (κ3) is 5.09. The van der Waals surface area contributed by atoms with Crippen LogP contribution in [0, 0.1) is 0 Å². The van der Waals surface area contributed by atoms with Gasteiger partial charge in [-0.2, -0.15) is 0 Å². The first-order chi connectivity index (χ1) is 14.4. The standard InChI is InChI=1S/C21H19F3N4OS/c1-30-20-26-11-16-13-28(8-7-19(16)27-20)12-14-5-6-18(25-10-14)15-3-2-4-17(9-15)29-21(22,23)24/h2-6,9-11H,7-8,12-13H2,1H3. The number of thioether (sulfide) groups is 1. The second kappa shape index (κ2) is 8.61. The average molecular weight is 432 g/mol. The van der Waals surface area contributed by atoms with Crippen LogP contribution in [0.25, 0.3) is 11.3 Å². The molecular formula is C21H19F3N4OS. The molecule has 0 N–H and O–H groups in total. The highest BCUT2D eigenvalue weighted by atomic mass is 32.2. The Bertz CT molecular complexity index is 1030. The number of hydrogen-bond acceptors (Lipinski definition) is 6. The maximum absolute atomic E-state index is 12.4. The highest BCUT2D eigenvalue weighted by molar-refractivity contribution is 7.98. The lowest BCUT2D eigenvalue weighted by Crippen LogP contribution is -2.31. The minimum Gasteiger partial charge on any atom is -0.406 e. The summed E-state index contributed by atoms with van der Waals surface area (Å²) in [6, 6.07) is 9.58. The fourth-order valence-electron chi connectivity index (χ4n) is 3.39. The zero-order valence-corrected chi connectivity index (χ0v) is 17.0. The van der Waals surface area contributed by atoms with Crippen molar-refractivity contribution in [1.82, 2.24) is 19.9 Å². The first-order valence-corrected chi connectivity index (χ1v) is 10.5. The molecule has 30 heavy (non-hydrogen) atoms. The molecule has 1 aliphatic heterocycles. The van der Waals surface area contributed by atoms with E-state index in [9.17, 15) is 13.2 Å². The van der Waals surface area contributed by atoms with Gasteiger partial charge in [-0.3, -0.25) is 9.88 Å². The molecule has 1 aromatic carbocycles. The number of alkyl halides is 3. The van der Waals surface area contributed by atoms with Crippen molar-refractivity contribution in [3.8, 4) is 17.0 Å². The number of benzene rings is 1. The topological polar surface area (TPSA) is 51.1 Å². The van der Waals surface area contributed by atoms with Crippen LogP contribution < -0.4 is 4.74 Å². The Morgan fingerprint density at radius 1 is 1.13 bits per heavy atom. The van der Waals surface area contributed by atoms with Gasteiger partial charge in [0.15, 0.2) is 5.16 Å².